The van der Waals surface area contributed by atoms with Crippen molar-refractivity contribution in [2.75, 3.05) is 40.4 Å². The van der Waals surface area contributed by atoms with Crippen LogP contribution in [0.1, 0.15) is 73.1 Å². The van der Waals surface area contributed by atoms with Gasteiger partial charge >= 0.3 is 0 Å². The fourth-order valence-electron chi connectivity index (χ4n) is 7.35. The number of hydrogen-bond acceptors (Lipinski definition) is 7. The molecule has 3 aliphatic heterocycles. The molecule has 4 heterocycles. The average Bonchev–Trinajstić information content (AvgIpc) is 3.32. The summed E-state index contributed by atoms with van der Waals surface area (Å²) < 4.78 is 16.6. The van der Waals surface area contributed by atoms with Crippen molar-refractivity contribution in [1.82, 2.24) is 20.3 Å². The Labute approximate surface area is 254 Å². The molecule has 0 spiro atoms. The van der Waals surface area contributed by atoms with Crippen LogP contribution in [0.2, 0.25) is 0 Å². The van der Waals surface area contributed by atoms with Crippen LogP contribution >= 0.6 is 0 Å². The molecule has 0 aliphatic carbocycles. The van der Waals surface area contributed by atoms with Crippen LogP contribution < -0.4 is 14.8 Å². The normalized spacial score (nSPS) is 23.4. The molecule has 10 heteroatoms. The molecule has 10 nitrogen and oxygen atoms in total. The zero-order valence-corrected chi connectivity index (χ0v) is 26.1. The van der Waals surface area contributed by atoms with Gasteiger partial charge in [0, 0.05) is 57.0 Å². The van der Waals surface area contributed by atoms with E-state index in [2.05, 4.69) is 21.4 Å². The molecule has 0 saturated carbocycles. The predicted molar refractivity (Wildman–Crippen MR) is 161 cm³/mol. The average molecular weight is 595 g/mol. The van der Waals surface area contributed by atoms with Gasteiger partial charge in [0.15, 0.2) is 11.5 Å². The number of aromatic nitrogens is 1. The molecule has 1 N–H and O–H groups in total. The minimum Gasteiger partial charge on any atom is -0.493 e. The summed E-state index contributed by atoms with van der Waals surface area (Å²) in [6, 6.07) is 4.09. The fraction of sp³-hybridized carbons (Fsp3) is 0.636. The van der Waals surface area contributed by atoms with Crippen molar-refractivity contribution in [3.05, 3.63) is 40.3 Å². The van der Waals surface area contributed by atoms with E-state index in [0.29, 0.717) is 76.2 Å². The number of carbonyl (C=O) groups is 3. The maximum Gasteiger partial charge on any atom is 0.223 e. The van der Waals surface area contributed by atoms with Crippen LogP contribution in [-0.4, -0.2) is 79.1 Å². The number of hydrogen-bond donors (Lipinski definition) is 1. The van der Waals surface area contributed by atoms with E-state index in [1.165, 1.54) is 0 Å². The maximum atomic E-state index is 13.8. The molecule has 1 aromatic heterocycles. The topological polar surface area (TPSA) is 114 Å². The summed E-state index contributed by atoms with van der Waals surface area (Å²) in [5.74, 6) is 2.93. The summed E-state index contributed by atoms with van der Waals surface area (Å²) in [5.41, 5.74) is 3.92. The van der Waals surface area contributed by atoms with E-state index in [1.54, 1.807) is 14.2 Å². The SMILES string of the molecule is COc1cc2cc(c1OC)CCCNC(=O)CCC[C@H]1[C@@H]3C[C@@H](CN(C(=O)CCc4c(C)noc4C)C3)CN1C(=O)CC2. The second-order valence-electron chi connectivity index (χ2n) is 12.4. The number of piperidine rings is 2. The van der Waals surface area contributed by atoms with Crippen LogP contribution in [0, 0.1) is 25.7 Å². The molecular formula is C33H46N4O6. The number of fused-ring (bicyclic) bond motifs is 6. The Morgan fingerprint density at radius 1 is 1.05 bits per heavy atom. The van der Waals surface area contributed by atoms with E-state index in [9.17, 15) is 14.4 Å². The van der Waals surface area contributed by atoms with Gasteiger partial charge in [-0.05, 0) is 87.8 Å². The van der Waals surface area contributed by atoms with E-state index in [1.807, 2.05) is 24.8 Å². The zero-order chi connectivity index (χ0) is 30.5. The van der Waals surface area contributed by atoms with Crippen molar-refractivity contribution in [2.45, 2.75) is 84.1 Å². The van der Waals surface area contributed by atoms with Gasteiger partial charge < -0.3 is 29.1 Å². The number of ether oxygens (including phenoxy) is 2. The highest BCUT2D eigenvalue weighted by Gasteiger charge is 2.43. The molecule has 2 fully saturated rings. The van der Waals surface area contributed by atoms with Crippen LogP contribution in [0.4, 0.5) is 0 Å². The summed E-state index contributed by atoms with van der Waals surface area (Å²) in [7, 11) is 3.27. The molecule has 0 unspecified atom stereocenters. The van der Waals surface area contributed by atoms with E-state index in [4.69, 9.17) is 14.0 Å². The van der Waals surface area contributed by atoms with Crippen molar-refractivity contribution in [2.24, 2.45) is 11.8 Å². The number of methoxy groups -OCH3 is 2. The van der Waals surface area contributed by atoms with E-state index in [0.717, 1.165) is 53.8 Å². The number of rotatable bonds is 5. The van der Waals surface area contributed by atoms with Crippen molar-refractivity contribution >= 4 is 17.7 Å². The largest absolute Gasteiger partial charge is 0.493 e. The number of aryl methyl sites for hydroxylation is 4. The van der Waals surface area contributed by atoms with E-state index in [-0.39, 0.29) is 35.6 Å². The van der Waals surface area contributed by atoms with Gasteiger partial charge in [0.25, 0.3) is 0 Å². The summed E-state index contributed by atoms with van der Waals surface area (Å²) in [5, 5.41) is 7.08. The molecule has 0 radical (unpaired) electrons. The first-order chi connectivity index (χ1) is 20.8. The number of benzene rings is 1. The van der Waals surface area contributed by atoms with E-state index < -0.39 is 0 Å². The third kappa shape index (κ3) is 7.16. The Hall–Kier alpha value is -3.56. The smallest absolute Gasteiger partial charge is 0.223 e. The molecule has 234 valence electrons. The molecule has 5 rings (SSSR count). The first-order valence-electron chi connectivity index (χ1n) is 15.8. The first kappa shape index (κ1) is 30.9. The van der Waals surface area contributed by atoms with Crippen LogP contribution in [-0.2, 0) is 33.6 Å². The Morgan fingerprint density at radius 3 is 2.63 bits per heavy atom. The molecule has 3 amide bonds. The molecule has 1 aromatic carbocycles. The zero-order valence-electron chi connectivity index (χ0n) is 26.1. The molecule has 4 bridgehead atoms. The van der Waals surface area contributed by atoms with Crippen molar-refractivity contribution in [1.29, 1.82) is 0 Å². The van der Waals surface area contributed by atoms with E-state index >= 15 is 0 Å². The summed E-state index contributed by atoms with van der Waals surface area (Å²) in [6.45, 7) is 6.37. The maximum absolute atomic E-state index is 13.8. The molecule has 43 heavy (non-hydrogen) atoms. The minimum atomic E-state index is 0.0172. The highest BCUT2D eigenvalue weighted by molar-refractivity contribution is 5.78. The molecular weight excluding hydrogens is 548 g/mol. The van der Waals surface area contributed by atoms with Gasteiger partial charge in [-0.2, -0.15) is 0 Å². The van der Waals surface area contributed by atoms with Crippen LogP contribution in [0.25, 0.3) is 0 Å². The van der Waals surface area contributed by atoms with Gasteiger partial charge in [-0.15, -0.1) is 0 Å². The molecule has 3 atom stereocenters. The number of carbonyl (C=O) groups excluding carboxylic acids is 3. The minimum absolute atomic E-state index is 0.0172. The molecule has 3 aliphatic rings. The Balaban J connectivity index is 1.31. The van der Waals surface area contributed by atoms with Crippen LogP contribution in [0.15, 0.2) is 16.7 Å². The summed E-state index contributed by atoms with van der Waals surface area (Å²) >= 11 is 0. The Kier molecular flexibility index (Phi) is 9.93. The van der Waals surface area contributed by atoms with Gasteiger partial charge in [-0.25, -0.2) is 0 Å². The first-order valence-corrected chi connectivity index (χ1v) is 15.8. The standard InChI is InChI=1S/C33H46N4O6/c1-21-27(22(2)43-35-21)11-13-31(39)36-18-24-16-26(20-36)28-8-5-9-30(38)34-14-6-7-25-15-23(10-12-32(40)37(28)19-24)17-29(41-3)33(25)42-4/h15,17,24,26,28H,5-14,16,18-20H2,1-4H3,(H,34,38)/t24-,26+,28-/m0/s1. The van der Waals surface area contributed by atoms with Gasteiger partial charge in [0.2, 0.25) is 17.7 Å². The number of nitrogens with one attached hydrogen (secondary N) is 1. The lowest BCUT2D eigenvalue weighted by Gasteiger charge is -2.51. The van der Waals surface area contributed by atoms with Crippen LogP contribution in [0.5, 0.6) is 11.5 Å². The lowest BCUT2D eigenvalue weighted by atomic mass is 9.77. The second kappa shape index (κ2) is 13.8. The lowest BCUT2D eigenvalue weighted by molar-refractivity contribution is -0.145. The highest BCUT2D eigenvalue weighted by atomic mass is 16.5. The van der Waals surface area contributed by atoms with Crippen molar-refractivity contribution in [3.8, 4) is 11.5 Å². The second-order valence-corrected chi connectivity index (χ2v) is 12.4. The van der Waals surface area contributed by atoms with Crippen molar-refractivity contribution < 1.29 is 28.4 Å². The molecule has 2 aromatic rings. The number of likely N-dealkylation sites (tertiary alicyclic amines) is 1. The third-order valence-electron chi connectivity index (χ3n) is 9.50. The Bertz CT molecular complexity index is 1300. The monoisotopic (exact) mass is 594 g/mol. The van der Waals surface area contributed by atoms with Gasteiger partial charge in [0.05, 0.1) is 19.9 Å². The fourth-order valence-corrected chi connectivity index (χ4v) is 7.35. The summed E-state index contributed by atoms with van der Waals surface area (Å²) in [6.07, 6.45) is 6.51. The molecule has 2 saturated heterocycles. The van der Waals surface area contributed by atoms with Crippen LogP contribution in [0.3, 0.4) is 0 Å². The highest BCUT2D eigenvalue weighted by Crippen LogP contribution is 2.37. The number of amides is 3. The van der Waals surface area contributed by atoms with Gasteiger partial charge in [0.1, 0.15) is 5.76 Å². The third-order valence-corrected chi connectivity index (χ3v) is 9.50. The van der Waals surface area contributed by atoms with Gasteiger partial charge in [-0.1, -0.05) is 11.2 Å². The Morgan fingerprint density at radius 2 is 1.88 bits per heavy atom. The summed E-state index contributed by atoms with van der Waals surface area (Å²) in [4.78, 5) is 43.9. The predicted octanol–water partition coefficient (Wildman–Crippen LogP) is 3.78. The number of nitrogens with zero attached hydrogens (tertiary/aromatic N) is 3. The van der Waals surface area contributed by atoms with Gasteiger partial charge in [-0.3, -0.25) is 14.4 Å². The van der Waals surface area contributed by atoms with Crippen molar-refractivity contribution in [3.63, 3.8) is 0 Å². The lowest BCUT2D eigenvalue weighted by Crippen LogP contribution is -2.60. The quantitative estimate of drug-likeness (QED) is 0.561.